The molecule has 0 atom stereocenters. The molecule has 0 spiro atoms. The van der Waals surface area contributed by atoms with Crippen LogP contribution in [0.25, 0.3) is 10.9 Å². The monoisotopic (exact) mass is 426 g/mol. The number of hydrogen-bond acceptors (Lipinski definition) is 3. The summed E-state index contributed by atoms with van der Waals surface area (Å²) in [4.78, 5) is 17.6. The Balaban J connectivity index is 2.03. The molecule has 1 aromatic heterocycles. The molecule has 0 aliphatic carbocycles. The lowest BCUT2D eigenvalue weighted by Crippen LogP contribution is -2.17. The van der Waals surface area contributed by atoms with Crippen LogP contribution in [0.4, 0.5) is 5.69 Å². The molecule has 0 fully saturated rings. The minimum absolute atomic E-state index is 0.142. The van der Waals surface area contributed by atoms with Crippen molar-refractivity contribution in [2.24, 2.45) is 0 Å². The molecule has 0 saturated carbocycles. The molecule has 0 aliphatic rings. The zero-order chi connectivity index (χ0) is 19.6. The third kappa shape index (κ3) is 3.98. The predicted molar refractivity (Wildman–Crippen MR) is 114 cm³/mol. The van der Waals surface area contributed by atoms with E-state index in [9.17, 15) is 4.79 Å². The maximum Gasteiger partial charge on any atom is 0.257 e. The smallest absolute Gasteiger partial charge is 0.257 e. The van der Waals surface area contributed by atoms with E-state index in [2.05, 4.69) is 52.2 Å². The molecule has 3 rings (SSSR count). The Bertz CT molecular complexity index is 990. The molecule has 4 nitrogen and oxygen atoms in total. The van der Waals surface area contributed by atoms with Gasteiger partial charge in [-0.1, -0.05) is 29.8 Å². The van der Waals surface area contributed by atoms with Gasteiger partial charge < -0.3 is 10.1 Å². The van der Waals surface area contributed by atoms with Crippen LogP contribution in [0.3, 0.4) is 0 Å². The van der Waals surface area contributed by atoms with E-state index in [1.54, 1.807) is 7.11 Å². The molecule has 1 amide bonds. The van der Waals surface area contributed by atoms with Crippen LogP contribution < -0.4 is 10.1 Å². The van der Waals surface area contributed by atoms with Crippen molar-refractivity contribution in [2.45, 2.75) is 33.6 Å². The second kappa shape index (κ2) is 8.09. The lowest BCUT2D eigenvalue weighted by molar-refractivity contribution is 0.102. The number of anilines is 1. The van der Waals surface area contributed by atoms with Gasteiger partial charge in [-0.05, 0) is 67.3 Å². The summed E-state index contributed by atoms with van der Waals surface area (Å²) in [5.74, 6) is 0.602. The van der Waals surface area contributed by atoms with Crippen molar-refractivity contribution >= 4 is 38.4 Å². The van der Waals surface area contributed by atoms with Gasteiger partial charge in [0, 0.05) is 15.5 Å². The summed E-state index contributed by atoms with van der Waals surface area (Å²) in [6.07, 6.45) is 1.68. The third-order valence-corrected chi connectivity index (χ3v) is 5.18. The minimum Gasteiger partial charge on any atom is -0.497 e. The number of benzene rings is 2. The number of carbonyl (C=O) groups is 1. The highest BCUT2D eigenvalue weighted by Crippen LogP contribution is 2.29. The Morgan fingerprint density at radius 3 is 2.37 bits per heavy atom. The summed E-state index contributed by atoms with van der Waals surface area (Å²) < 4.78 is 6.32. The van der Waals surface area contributed by atoms with Crippen LogP contribution in [0.2, 0.25) is 0 Å². The van der Waals surface area contributed by atoms with Gasteiger partial charge >= 0.3 is 0 Å². The molecule has 27 heavy (non-hydrogen) atoms. The summed E-state index contributed by atoms with van der Waals surface area (Å²) in [5.41, 5.74) is 5.25. The number of amides is 1. The quantitative estimate of drug-likeness (QED) is 0.569. The second-order valence-corrected chi connectivity index (χ2v) is 7.36. The number of pyridine rings is 1. The zero-order valence-electron chi connectivity index (χ0n) is 16.0. The fourth-order valence-corrected chi connectivity index (χ4v) is 3.78. The average molecular weight is 427 g/mol. The molecule has 0 radical (unpaired) electrons. The third-order valence-electron chi connectivity index (χ3n) is 4.72. The van der Waals surface area contributed by atoms with Crippen LogP contribution in [0.5, 0.6) is 5.75 Å². The first-order valence-electron chi connectivity index (χ1n) is 9.04. The number of aromatic nitrogens is 1. The van der Waals surface area contributed by atoms with Crippen LogP contribution in [0, 0.1) is 6.92 Å². The van der Waals surface area contributed by atoms with Crippen LogP contribution in [0.15, 0.2) is 40.9 Å². The molecular formula is C22H23BrN2O2. The fraction of sp³-hybridized carbons (Fsp3) is 0.273. The number of nitrogens with zero attached hydrogens (tertiary/aromatic N) is 1. The molecular weight excluding hydrogens is 404 g/mol. The Morgan fingerprint density at radius 2 is 1.78 bits per heavy atom. The van der Waals surface area contributed by atoms with Crippen molar-refractivity contribution in [3.8, 4) is 5.75 Å². The molecule has 5 heteroatoms. The second-order valence-electron chi connectivity index (χ2n) is 6.44. The minimum atomic E-state index is -0.142. The van der Waals surface area contributed by atoms with Crippen LogP contribution in [-0.2, 0) is 12.8 Å². The van der Waals surface area contributed by atoms with Crippen LogP contribution in [0.1, 0.15) is 41.0 Å². The largest absolute Gasteiger partial charge is 0.497 e. The van der Waals surface area contributed by atoms with E-state index >= 15 is 0 Å². The van der Waals surface area contributed by atoms with Crippen molar-refractivity contribution in [1.82, 2.24) is 4.98 Å². The summed E-state index contributed by atoms with van der Waals surface area (Å²) >= 11 is 3.56. The maximum absolute atomic E-state index is 13.1. The number of ether oxygens (including phenoxy) is 1. The summed E-state index contributed by atoms with van der Waals surface area (Å²) in [7, 11) is 1.63. The first-order valence-corrected chi connectivity index (χ1v) is 9.84. The molecule has 0 aliphatic heterocycles. The van der Waals surface area contributed by atoms with Crippen LogP contribution in [-0.4, -0.2) is 18.0 Å². The van der Waals surface area contributed by atoms with Crippen molar-refractivity contribution in [2.75, 3.05) is 12.4 Å². The van der Waals surface area contributed by atoms with Gasteiger partial charge in [0.05, 0.1) is 23.9 Å². The maximum atomic E-state index is 13.1. The number of halogens is 1. The Hall–Kier alpha value is -2.40. The number of nitrogens with one attached hydrogen (secondary N) is 1. The fourth-order valence-electron chi connectivity index (χ4n) is 3.23. The van der Waals surface area contributed by atoms with Gasteiger partial charge in [-0.2, -0.15) is 0 Å². The molecule has 140 valence electrons. The molecule has 0 saturated heterocycles. The van der Waals surface area contributed by atoms with E-state index in [0.29, 0.717) is 11.3 Å². The van der Waals surface area contributed by atoms with Gasteiger partial charge in [0.2, 0.25) is 0 Å². The van der Waals surface area contributed by atoms with Crippen molar-refractivity contribution < 1.29 is 9.53 Å². The van der Waals surface area contributed by atoms with E-state index in [1.807, 2.05) is 31.2 Å². The van der Waals surface area contributed by atoms with E-state index in [4.69, 9.17) is 4.74 Å². The average Bonchev–Trinajstić information content (AvgIpc) is 2.67. The normalized spacial score (nSPS) is 10.9. The first-order chi connectivity index (χ1) is 13.0. The SMILES string of the molecule is CCc1cc(Br)cc(CC)c1NC(=O)c1cc2cc(OC)ccc2nc1C. The van der Waals surface area contributed by atoms with Gasteiger partial charge in [-0.3, -0.25) is 9.78 Å². The number of aryl methyl sites for hydroxylation is 3. The number of hydrogen-bond donors (Lipinski definition) is 1. The Labute approximate surface area is 168 Å². The van der Waals surface area contributed by atoms with Gasteiger partial charge in [0.1, 0.15) is 5.75 Å². The summed E-state index contributed by atoms with van der Waals surface area (Å²) in [6.45, 7) is 6.04. The Morgan fingerprint density at radius 1 is 1.11 bits per heavy atom. The predicted octanol–water partition coefficient (Wildman–Crippen LogP) is 5.69. The highest BCUT2D eigenvalue weighted by atomic mass is 79.9. The van der Waals surface area contributed by atoms with Gasteiger partial charge in [0.25, 0.3) is 5.91 Å². The number of rotatable bonds is 5. The number of carbonyl (C=O) groups excluding carboxylic acids is 1. The molecule has 0 unspecified atom stereocenters. The molecule has 1 N–H and O–H groups in total. The Kier molecular flexibility index (Phi) is 5.80. The van der Waals surface area contributed by atoms with E-state index in [1.165, 1.54) is 0 Å². The van der Waals surface area contributed by atoms with E-state index < -0.39 is 0 Å². The molecule has 0 bridgehead atoms. The van der Waals surface area contributed by atoms with Crippen LogP contribution >= 0.6 is 15.9 Å². The first kappa shape index (κ1) is 19.4. The number of fused-ring (bicyclic) bond motifs is 1. The zero-order valence-corrected chi connectivity index (χ0v) is 17.6. The highest BCUT2D eigenvalue weighted by Gasteiger charge is 2.16. The molecule has 3 aromatic rings. The lowest BCUT2D eigenvalue weighted by Gasteiger charge is -2.16. The lowest BCUT2D eigenvalue weighted by atomic mass is 10.0. The van der Waals surface area contributed by atoms with E-state index in [0.717, 1.165) is 50.8 Å². The van der Waals surface area contributed by atoms with Crippen molar-refractivity contribution in [1.29, 1.82) is 0 Å². The highest BCUT2D eigenvalue weighted by molar-refractivity contribution is 9.10. The molecule has 1 heterocycles. The standard InChI is InChI=1S/C22H23BrN2O2/c1-5-14-9-17(23)10-15(6-2)21(14)25-22(26)19-12-16-11-18(27-4)7-8-20(16)24-13(19)3/h7-12H,5-6H2,1-4H3,(H,25,26). The van der Waals surface area contributed by atoms with Gasteiger partial charge in [-0.25, -0.2) is 0 Å². The van der Waals surface area contributed by atoms with Gasteiger partial charge in [0.15, 0.2) is 0 Å². The van der Waals surface area contributed by atoms with Crippen molar-refractivity contribution in [3.63, 3.8) is 0 Å². The molecule has 2 aromatic carbocycles. The number of methoxy groups -OCH3 is 1. The topological polar surface area (TPSA) is 51.2 Å². The van der Waals surface area contributed by atoms with Gasteiger partial charge in [-0.15, -0.1) is 0 Å². The summed E-state index contributed by atoms with van der Waals surface area (Å²) in [5, 5.41) is 4.01. The summed E-state index contributed by atoms with van der Waals surface area (Å²) in [6, 6.07) is 11.7. The van der Waals surface area contributed by atoms with E-state index in [-0.39, 0.29) is 5.91 Å². The van der Waals surface area contributed by atoms with Crippen molar-refractivity contribution in [3.05, 3.63) is 63.3 Å².